The maximum atomic E-state index is 6.19. The SMILES string of the molecule is CB1N(C)B(C)N(C)B(n2ccnc2-c2[c-]cccc2)N1C.CN1C=CN(c2[c-]c(-c3[c-]cccc3)ccc2)[CH-]1.CN1C=CN(c2[c-]c(N3C=CN(C)[CH-]3)ccc2)[CH-]1.CN1C=CN(c2[c-]c(Oc3[c-]c(N4C=CN(C)[CH-]4)ccc3)ccc2)[CH-]1.CN1[CH-]N(c2[c-]c(Oc3[c-]c(N4[CH-]N(C)c5ccccc54)ccc3)ccc2)c2ccccc21.[Ir].[Ir].[Pt+4].[Pt+4].c1ccc(-n2cc[n+]3c2-c2ccccc2C3)cc1. The first-order valence-electron chi connectivity index (χ1n) is 44.3. The minimum atomic E-state index is 0. The van der Waals surface area contributed by atoms with Crippen LogP contribution in [0.4, 0.5) is 62.6 Å². The number of nitrogens with zero attached hydrogens (tertiary/aromatic N) is 21. The Bertz CT molecular complexity index is 6320. The molecule has 9 aliphatic heterocycles. The van der Waals surface area contributed by atoms with E-state index >= 15 is 0 Å². The van der Waals surface area contributed by atoms with Crippen molar-refractivity contribution in [2.24, 2.45) is 0 Å². The molecule has 138 heavy (non-hydrogen) atoms. The van der Waals surface area contributed by atoms with Crippen LogP contribution in [0.5, 0.6) is 23.0 Å². The molecule has 0 saturated carbocycles. The van der Waals surface area contributed by atoms with Crippen LogP contribution < -0.4 is 58.1 Å². The quantitative estimate of drug-likeness (QED) is 0.0552. The van der Waals surface area contributed by atoms with Crippen molar-refractivity contribution in [1.29, 1.82) is 0 Å². The Kier molecular flexibility index (Phi) is 34.2. The molecule has 23 rings (SSSR count). The minimum absolute atomic E-state index is 0. The second kappa shape index (κ2) is 46.6. The summed E-state index contributed by atoms with van der Waals surface area (Å²) in [6.07, 6.45) is 28.2. The van der Waals surface area contributed by atoms with Crippen LogP contribution in [-0.4, -0.2) is 144 Å². The van der Waals surface area contributed by atoms with Crippen LogP contribution in [0.15, 0.2) is 348 Å². The third kappa shape index (κ3) is 23.5. The van der Waals surface area contributed by atoms with Gasteiger partial charge in [-0.05, 0) is 175 Å². The zero-order valence-corrected chi connectivity index (χ0v) is 87.7. The maximum absolute atomic E-state index is 6.19. The van der Waals surface area contributed by atoms with Gasteiger partial charge in [-0.25, -0.2) is 15.7 Å². The molecule has 12 aromatic carbocycles. The summed E-state index contributed by atoms with van der Waals surface area (Å²) in [5, 5.41) is 0. The van der Waals surface area contributed by atoms with Crippen LogP contribution in [0.2, 0.25) is 13.6 Å². The molecular formula is C108H102B3Ir2N21O2Pt2-6. The van der Waals surface area contributed by atoms with Crippen LogP contribution in [0.1, 0.15) is 5.56 Å². The summed E-state index contributed by atoms with van der Waals surface area (Å²) in [7, 11) is 20.7. The fourth-order valence-electron chi connectivity index (χ4n) is 16.6. The Morgan fingerprint density at radius 1 is 0.341 bits per heavy atom. The third-order valence-corrected chi connectivity index (χ3v) is 23.9. The number of rotatable bonds is 15. The van der Waals surface area contributed by atoms with Gasteiger partial charge in [-0.1, -0.05) is 80.0 Å². The predicted molar refractivity (Wildman–Crippen MR) is 542 cm³/mol. The standard InChI is InChI=1S/C28H22N4O.C20H18N4O.2C16H13N2.C14H21B3N5.C14H15N4.2Ir.2Pt/c1-29-19-31(27-15-5-3-13-25(27)29)21-9-7-11-23(17-21)33-24-12-8-10-22(18-24)32-20-30(2)26-14-4-6-16-28(26)32;1-21-9-11-23(15-21)17-5-3-7-19(13-17)25-20-8-4-6-18(14-20)24-12-10-22(2)16-24;1-2-7-14(8-3-1)18-11-10-17-12-13-6-4-5-9-15(13)16(17)18;1-17-10-11-18(13-17)16-9-5-8-15(12-16)14-6-3-2-4-7-14;1-15-19(3)16(2)21(5)17(20(15)4)22-12-11-18-14(22)13-9-7-6-8-10-13;1-15-6-8-17(11-15)13-4-3-5-14(10-13)18-9-7-16(2)12-18;;;;/h3-16,19-20H,1-2H3;3-12,15-16H,1-2H3;1-11H,12H2;2-6,8-11,13H,1H3;6-9,11-12H,1-5H3;3-9,11-12H,1-2H3;;;;/q2*-4;+1;-3;-1;-3;;;2*+4. The van der Waals surface area contributed by atoms with Gasteiger partial charge in [0, 0.05) is 110 Å². The van der Waals surface area contributed by atoms with Crippen molar-refractivity contribution in [2.45, 2.75) is 20.2 Å². The maximum Gasteiger partial charge on any atom is 4.00 e. The molecule has 0 aliphatic carbocycles. The molecule has 2 aromatic heterocycles. The number of anilines is 11. The van der Waals surface area contributed by atoms with Crippen LogP contribution in [0, 0.1) is 95.2 Å². The Morgan fingerprint density at radius 2 is 0.710 bits per heavy atom. The molecule has 0 atom stereocenters. The van der Waals surface area contributed by atoms with Gasteiger partial charge in [0.2, 0.25) is 0 Å². The zero-order valence-electron chi connectivity index (χ0n) is 78.4. The summed E-state index contributed by atoms with van der Waals surface area (Å²) >= 11 is 0. The average Bonchev–Trinajstić information content (AvgIpc) is 1.60. The van der Waals surface area contributed by atoms with Crippen molar-refractivity contribution >= 4 is 83.6 Å². The summed E-state index contributed by atoms with van der Waals surface area (Å²) in [6, 6.07) is 114. The van der Waals surface area contributed by atoms with Gasteiger partial charge in [-0.2, -0.15) is 124 Å². The fourth-order valence-corrected chi connectivity index (χ4v) is 16.6. The van der Waals surface area contributed by atoms with Crippen molar-refractivity contribution < 1.29 is 96.4 Å². The number of ether oxygens (including phenoxy) is 2. The van der Waals surface area contributed by atoms with Crippen molar-refractivity contribution in [3.05, 3.63) is 448 Å². The Balaban J connectivity index is 0.000000133. The van der Waals surface area contributed by atoms with E-state index in [-0.39, 0.29) is 89.5 Å². The van der Waals surface area contributed by atoms with Gasteiger partial charge >= 0.3 is 49.2 Å². The van der Waals surface area contributed by atoms with E-state index in [2.05, 4.69) is 253 Å². The number of hydrogen-bond donors (Lipinski definition) is 0. The van der Waals surface area contributed by atoms with E-state index in [4.69, 9.17) is 9.47 Å². The fraction of sp³-hybridized carbons (Fsp3) is 0.120. The number of imidazole rings is 2. The average molecular weight is 2530 g/mol. The van der Waals surface area contributed by atoms with Crippen LogP contribution in [-0.2, 0) is 88.9 Å². The van der Waals surface area contributed by atoms with Crippen LogP contribution in [0.25, 0.3) is 39.6 Å². The van der Waals surface area contributed by atoms with E-state index in [9.17, 15) is 0 Å². The van der Waals surface area contributed by atoms with Gasteiger partial charge in [0.25, 0.3) is 19.8 Å². The van der Waals surface area contributed by atoms with E-state index in [1.54, 1.807) is 0 Å². The van der Waals surface area contributed by atoms with E-state index < -0.39 is 0 Å². The number of fused-ring (bicyclic) bond motifs is 5. The van der Waals surface area contributed by atoms with E-state index in [1.807, 2.05) is 376 Å². The Labute approximate surface area is 871 Å². The first kappa shape index (κ1) is 101. The molecule has 14 aromatic rings. The number of benzene rings is 12. The molecule has 30 heteroatoms. The third-order valence-electron chi connectivity index (χ3n) is 23.9. The van der Waals surface area contributed by atoms with Gasteiger partial charge < -0.3 is 96.7 Å². The van der Waals surface area contributed by atoms with Crippen LogP contribution >= 0.6 is 0 Å². The Morgan fingerprint density at radius 3 is 1.14 bits per heavy atom. The minimum Gasteiger partial charge on any atom is -0.510 e. The molecular weight excluding hydrogens is 2430 g/mol. The first-order chi connectivity index (χ1) is 65.3. The van der Waals surface area contributed by atoms with Gasteiger partial charge in [-0.15, -0.1) is 173 Å². The van der Waals surface area contributed by atoms with Gasteiger partial charge in [0.05, 0.1) is 5.56 Å². The molecule has 0 unspecified atom stereocenters. The van der Waals surface area contributed by atoms with Gasteiger partial charge in [0.15, 0.2) is 0 Å². The summed E-state index contributed by atoms with van der Waals surface area (Å²) in [4.78, 5) is 33.1. The molecule has 0 amide bonds. The number of para-hydroxylation sites is 5. The largest absolute Gasteiger partial charge is 4.00 e. The molecule has 0 N–H and O–H groups in total. The summed E-state index contributed by atoms with van der Waals surface area (Å²) < 4.78 is 26.0. The first-order valence-corrected chi connectivity index (χ1v) is 44.3. The van der Waals surface area contributed by atoms with Crippen molar-refractivity contribution in [2.75, 3.05) is 115 Å². The molecule has 11 heterocycles. The van der Waals surface area contributed by atoms with E-state index in [0.717, 1.165) is 91.6 Å². The van der Waals surface area contributed by atoms with Gasteiger partial charge in [-0.3, -0.25) is 4.98 Å². The van der Waals surface area contributed by atoms with Crippen molar-refractivity contribution in [3.63, 3.8) is 0 Å². The molecule has 704 valence electrons. The summed E-state index contributed by atoms with van der Waals surface area (Å²) in [6.45, 7) is 20.3. The number of hydrogen-bond acceptors (Lipinski definition) is 20. The second-order valence-electron chi connectivity index (χ2n) is 33.2. The van der Waals surface area contributed by atoms with E-state index in [0.29, 0.717) is 37.0 Å². The monoisotopic (exact) mass is 2530 g/mol. The molecule has 1 saturated heterocycles. The van der Waals surface area contributed by atoms with Crippen LogP contribution in [0.3, 0.4) is 0 Å². The molecule has 0 bridgehead atoms. The molecule has 1 fully saturated rings. The molecule has 2 radical (unpaired) electrons. The van der Waals surface area contributed by atoms with Crippen molar-refractivity contribution in [3.8, 4) is 62.6 Å². The smallest absolute Gasteiger partial charge is 0.510 e. The summed E-state index contributed by atoms with van der Waals surface area (Å²) in [5.74, 6) is 4.82. The molecule has 23 nitrogen and oxygen atoms in total. The van der Waals surface area contributed by atoms with Crippen molar-refractivity contribution in [1.82, 2.24) is 52.7 Å². The normalized spacial score (nSPS) is 15.2. The topological polar surface area (TPSA) is 100 Å². The molecule has 9 aliphatic rings. The Hall–Kier alpha value is -12.7. The summed E-state index contributed by atoms with van der Waals surface area (Å²) in [5.41, 5.74) is 18.4. The van der Waals surface area contributed by atoms with E-state index in [1.165, 1.54) is 22.6 Å². The predicted octanol–water partition coefficient (Wildman–Crippen LogP) is 19.7. The zero-order chi connectivity index (χ0) is 92.3. The number of aromatic nitrogens is 4. The molecule has 0 spiro atoms. The second-order valence-corrected chi connectivity index (χ2v) is 33.2. The van der Waals surface area contributed by atoms with Gasteiger partial charge in [0.1, 0.15) is 24.6 Å².